The van der Waals surface area contributed by atoms with E-state index in [1.54, 1.807) is 0 Å². The van der Waals surface area contributed by atoms with E-state index in [4.69, 9.17) is 10.5 Å². The molecule has 5 nitrogen and oxygen atoms in total. The number of carbonyl (C=O) groups excluding carboxylic acids is 1. The molecule has 3 rings (SSSR count). The first kappa shape index (κ1) is 14.5. The standard InChI is InChI=1S/C16H23N3O2/c17-9-12-1-3-13(4-2-12)10-19-7-8-21-11-15(19)16(20)18-14-5-6-14/h1-4,14-15H,5-11,17H2,(H,18,20). The molecule has 21 heavy (non-hydrogen) atoms. The molecular formula is C16H23N3O2. The predicted molar refractivity (Wildman–Crippen MR) is 80.5 cm³/mol. The molecule has 2 fully saturated rings. The zero-order valence-corrected chi connectivity index (χ0v) is 12.3. The maximum Gasteiger partial charge on any atom is 0.239 e. The molecule has 0 radical (unpaired) electrons. The molecule has 1 aromatic rings. The number of hydrogen-bond acceptors (Lipinski definition) is 4. The number of nitrogens with two attached hydrogens (primary N) is 1. The number of rotatable bonds is 5. The van der Waals surface area contributed by atoms with Crippen LogP contribution in [0.15, 0.2) is 24.3 Å². The lowest BCUT2D eigenvalue weighted by Gasteiger charge is -2.34. The quantitative estimate of drug-likeness (QED) is 0.834. The molecule has 1 atom stereocenters. The van der Waals surface area contributed by atoms with Crippen molar-refractivity contribution in [3.63, 3.8) is 0 Å². The van der Waals surface area contributed by atoms with Crippen molar-refractivity contribution in [2.45, 2.75) is 38.0 Å². The topological polar surface area (TPSA) is 67.6 Å². The number of hydrogen-bond donors (Lipinski definition) is 2. The summed E-state index contributed by atoms with van der Waals surface area (Å²) < 4.78 is 5.49. The normalized spacial score (nSPS) is 23.0. The summed E-state index contributed by atoms with van der Waals surface area (Å²) in [6.45, 7) is 3.30. The third kappa shape index (κ3) is 3.81. The molecule has 1 saturated heterocycles. The lowest BCUT2D eigenvalue weighted by molar-refractivity contribution is -0.133. The van der Waals surface area contributed by atoms with Gasteiger partial charge in [-0.2, -0.15) is 0 Å². The van der Waals surface area contributed by atoms with E-state index in [9.17, 15) is 4.79 Å². The van der Waals surface area contributed by atoms with Gasteiger partial charge in [-0.25, -0.2) is 0 Å². The van der Waals surface area contributed by atoms with Gasteiger partial charge in [0.05, 0.1) is 13.2 Å². The Morgan fingerprint density at radius 2 is 2.00 bits per heavy atom. The monoisotopic (exact) mass is 289 g/mol. The van der Waals surface area contributed by atoms with Crippen molar-refractivity contribution in [3.05, 3.63) is 35.4 Å². The Bertz CT molecular complexity index is 485. The number of morpholine rings is 1. The summed E-state index contributed by atoms with van der Waals surface area (Å²) in [4.78, 5) is 14.5. The minimum atomic E-state index is -0.173. The van der Waals surface area contributed by atoms with Crippen molar-refractivity contribution in [2.75, 3.05) is 19.8 Å². The average molecular weight is 289 g/mol. The van der Waals surface area contributed by atoms with Gasteiger partial charge in [-0.3, -0.25) is 9.69 Å². The van der Waals surface area contributed by atoms with Crippen LogP contribution in [0.5, 0.6) is 0 Å². The number of nitrogens with one attached hydrogen (secondary N) is 1. The minimum absolute atomic E-state index is 0.107. The lowest BCUT2D eigenvalue weighted by atomic mass is 10.1. The van der Waals surface area contributed by atoms with Crippen LogP contribution in [-0.2, 0) is 22.6 Å². The van der Waals surface area contributed by atoms with E-state index in [0.29, 0.717) is 25.8 Å². The van der Waals surface area contributed by atoms with E-state index < -0.39 is 0 Å². The van der Waals surface area contributed by atoms with E-state index in [1.165, 1.54) is 5.56 Å². The van der Waals surface area contributed by atoms with Crippen LogP contribution in [-0.4, -0.2) is 42.6 Å². The van der Waals surface area contributed by atoms with Crippen LogP contribution in [0.1, 0.15) is 24.0 Å². The summed E-state index contributed by atoms with van der Waals surface area (Å²) in [5.41, 5.74) is 7.95. The van der Waals surface area contributed by atoms with Crippen LogP contribution in [0.25, 0.3) is 0 Å². The predicted octanol–water partition coefficient (Wildman–Crippen LogP) is 0.625. The molecule has 1 aliphatic heterocycles. The summed E-state index contributed by atoms with van der Waals surface area (Å²) in [7, 11) is 0. The Balaban J connectivity index is 1.63. The zero-order valence-electron chi connectivity index (χ0n) is 12.3. The Hall–Kier alpha value is -1.43. The van der Waals surface area contributed by atoms with Crippen LogP contribution < -0.4 is 11.1 Å². The molecule has 1 amide bonds. The van der Waals surface area contributed by atoms with Crippen LogP contribution in [0.3, 0.4) is 0 Å². The Kier molecular flexibility index (Phi) is 4.53. The first-order valence-corrected chi connectivity index (χ1v) is 7.66. The molecule has 1 aliphatic carbocycles. The first-order valence-electron chi connectivity index (χ1n) is 7.66. The SMILES string of the molecule is NCc1ccc(CN2CCOCC2C(=O)NC2CC2)cc1. The zero-order chi connectivity index (χ0) is 14.7. The second-order valence-electron chi connectivity index (χ2n) is 5.86. The van der Waals surface area contributed by atoms with Gasteiger partial charge in [-0.1, -0.05) is 24.3 Å². The second-order valence-corrected chi connectivity index (χ2v) is 5.86. The largest absolute Gasteiger partial charge is 0.378 e. The van der Waals surface area contributed by atoms with E-state index in [0.717, 1.165) is 31.5 Å². The minimum Gasteiger partial charge on any atom is -0.378 e. The fourth-order valence-corrected chi connectivity index (χ4v) is 2.61. The fourth-order valence-electron chi connectivity index (χ4n) is 2.61. The van der Waals surface area contributed by atoms with E-state index >= 15 is 0 Å². The number of carbonyl (C=O) groups is 1. The fraction of sp³-hybridized carbons (Fsp3) is 0.562. The smallest absolute Gasteiger partial charge is 0.239 e. The number of ether oxygens (including phenoxy) is 1. The molecule has 1 aromatic carbocycles. The van der Waals surface area contributed by atoms with Crippen LogP contribution >= 0.6 is 0 Å². The molecule has 0 spiro atoms. The van der Waals surface area contributed by atoms with Crippen molar-refractivity contribution < 1.29 is 9.53 Å². The van der Waals surface area contributed by atoms with Crippen molar-refractivity contribution in [1.29, 1.82) is 0 Å². The maximum absolute atomic E-state index is 12.3. The molecule has 114 valence electrons. The molecule has 0 bridgehead atoms. The molecule has 1 heterocycles. The van der Waals surface area contributed by atoms with E-state index in [2.05, 4.69) is 34.5 Å². The molecular weight excluding hydrogens is 266 g/mol. The lowest BCUT2D eigenvalue weighted by Crippen LogP contribution is -2.53. The Labute approximate surface area is 125 Å². The van der Waals surface area contributed by atoms with Gasteiger partial charge in [-0.05, 0) is 24.0 Å². The van der Waals surface area contributed by atoms with Crippen molar-refractivity contribution >= 4 is 5.91 Å². The highest BCUT2D eigenvalue weighted by Gasteiger charge is 2.33. The summed E-state index contributed by atoms with van der Waals surface area (Å²) in [5, 5.41) is 3.08. The van der Waals surface area contributed by atoms with Gasteiger partial charge in [0.1, 0.15) is 6.04 Å². The number of amides is 1. The summed E-state index contributed by atoms with van der Waals surface area (Å²) in [6.07, 6.45) is 2.22. The molecule has 5 heteroatoms. The summed E-state index contributed by atoms with van der Waals surface area (Å²) >= 11 is 0. The van der Waals surface area contributed by atoms with E-state index in [-0.39, 0.29) is 11.9 Å². The summed E-state index contributed by atoms with van der Waals surface area (Å²) in [6, 6.07) is 8.50. The molecule has 1 unspecified atom stereocenters. The Morgan fingerprint density at radius 1 is 1.29 bits per heavy atom. The second kappa shape index (κ2) is 6.56. The van der Waals surface area contributed by atoms with E-state index in [1.807, 2.05) is 0 Å². The Morgan fingerprint density at radius 3 is 2.67 bits per heavy atom. The molecule has 3 N–H and O–H groups in total. The van der Waals surface area contributed by atoms with Crippen LogP contribution in [0, 0.1) is 0 Å². The van der Waals surface area contributed by atoms with Gasteiger partial charge in [0.2, 0.25) is 5.91 Å². The molecule has 2 aliphatic rings. The van der Waals surface area contributed by atoms with Crippen LogP contribution in [0.4, 0.5) is 0 Å². The number of benzene rings is 1. The van der Waals surface area contributed by atoms with Gasteiger partial charge >= 0.3 is 0 Å². The van der Waals surface area contributed by atoms with Gasteiger partial charge in [0, 0.05) is 25.7 Å². The highest BCUT2D eigenvalue weighted by Crippen LogP contribution is 2.20. The molecule has 0 aromatic heterocycles. The molecule has 1 saturated carbocycles. The number of nitrogens with zero attached hydrogens (tertiary/aromatic N) is 1. The van der Waals surface area contributed by atoms with Crippen molar-refractivity contribution in [2.24, 2.45) is 5.73 Å². The van der Waals surface area contributed by atoms with Gasteiger partial charge in [0.25, 0.3) is 0 Å². The van der Waals surface area contributed by atoms with Gasteiger partial charge in [-0.15, -0.1) is 0 Å². The third-order valence-corrected chi connectivity index (χ3v) is 4.11. The van der Waals surface area contributed by atoms with Crippen LogP contribution in [0.2, 0.25) is 0 Å². The first-order chi connectivity index (χ1) is 10.3. The maximum atomic E-state index is 12.3. The average Bonchev–Trinajstić information content (AvgIpc) is 3.32. The van der Waals surface area contributed by atoms with Crippen molar-refractivity contribution in [1.82, 2.24) is 10.2 Å². The highest BCUT2D eigenvalue weighted by molar-refractivity contribution is 5.82. The van der Waals surface area contributed by atoms with Gasteiger partial charge < -0.3 is 15.8 Å². The summed E-state index contributed by atoms with van der Waals surface area (Å²) in [5.74, 6) is 0.107. The van der Waals surface area contributed by atoms with Crippen molar-refractivity contribution in [3.8, 4) is 0 Å². The third-order valence-electron chi connectivity index (χ3n) is 4.11. The highest BCUT2D eigenvalue weighted by atomic mass is 16.5. The van der Waals surface area contributed by atoms with Gasteiger partial charge in [0.15, 0.2) is 0 Å².